The first-order valence-electron chi connectivity index (χ1n) is 9.88. The molecule has 7 heteroatoms. The van der Waals surface area contributed by atoms with Crippen molar-refractivity contribution >= 4 is 16.9 Å². The summed E-state index contributed by atoms with van der Waals surface area (Å²) in [5, 5.41) is 1.01. The van der Waals surface area contributed by atoms with Gasteiger partial charge in [0.05, 0.1) is 18.9 Å². The van der Waals surface area contributed by atoms with E-state index in [9.17, 15) is 4.79 Å². The van der Waals surface area contributed by atoms with Gasteiger partial charge >= 0.3 is 0 Å². The first-order chi connectivity index (χ1) is 13.2. The predicted molar refractivity (Wildman–Crippen MR) is 103 cm³/mol. The minimum absolute atomic E-state index is 0.249. The number of likely N-dealkylation sites (tertiary alicyclic amines) is 1. The number of ether oxygens (including phenoxy) is 1. The van der Waals surface area contributed by atoms with Crippen LogP contribution in [0, 0.1) is 6.92 Å². The van der Waals surface area contributed by atoms with E-state index in [0.29, 0.717) is 6.42 Å². The lowest BCUT2D eigenvalue weighted by atomic mass is 9.92. The summed E-state index contributed by atoms with van der Waals surface area (Å²) in [6.45, 7) is 7.71. The molecule has 0 aliphatic carbocycles. The van der Waals surface area contributed by atoms with E-state index in [-0.39, 0.29) is 11.8 Å². The van der Waals surface area contributed by atoms with Crippen molar-refractivity contribution in [3.63, 3.8) is 0 Å². The fraction of sp³-hybridized carbons (Fsp3) is 0.600. The highest BCUT2D eigenvalue weighted by Crippen LogP contribution is 2.30. The number of rotatable bonds is 4. The maximum Gasteiger partial charge on any atom is 0.223 e. The lowest BCUT2D eigenvalue weighted by Crippen LogP contribution is -2.42. The predicted octanol–water partition coefficient (Wildman–Crippen LogP) is 1.76. The standard InChI is InChI=1S/C20H27N5O2/c1-15-22-19(17-5-2-7-21-20(17)23-15)16-4-3-8-25(14-16)18(26)6-9-24-10-12-27-13-11-24/h2,5,7,16H,3-4,6,8-14H2,1H3. The van der Waals surface area contributed by atoms with Gasteiger partial charge in [0.25, 0.3) is 0 Å². The van der Waals surface area contributed by atoms with Gasteiger partial charge in [0.2, 0.25) is 5.91 Å². The third-order valence-electron chi connectivity index (χ3n) is 5.52. The summed E-state index contributed by atoms with van der Waals surface area (Å²) in [5.41, 5.74) is 1.78. The Morgan fingerprint density at radius 3 is 2.96 bits per heavy atom. The minimum atomic E-state index is 0.249. The van der Waals surface area contributed by atoms with Crippen molar-refractivity contribution in [2.24, 2.45) is 0 Å². The normalized spacial score (nSPS) is 21.5. The van der Waals surface area contributed by atoms with E-state index in [1.165, 1.54) is 0 Å². The molecule has 0 spiro atoms. The van der Waals surface area contributed by atoms with Crippen LogP contribution in [0.15, 0.2) is 18.3 Å². The van der Waals surface area contributed by atoms with Crippen LogP contribution < -0.4 is 0 Å². The van der Waals surface area contributed by atoms with Crippen molar-refractivity contribution in [1.82, 2.24) is 24.8 Å². The Kier molecular flexibility index (Phi) is 5.59. The van der Waals surface area contributed by atoms with Gasteiger partial charge in [0.15, 0.2) is 5.65 Å². The largest absolute Gasteiger partial charge is 0.379 e. The second-order valence-electron chi connectivity index (χ2n) is 7.41. The molecule has 27 heavy (non-hydrogen) atoms. The van der Waals surface area contributed by atoms with E-state index in [1.807, 2.05) is 24.0 Å². The zero-order valence-corrected chi connectivity index (χ0v) is 15.9. The minimum Gasteiger partial charge on any atom is -0.379 e. The molecule has 7 nitrogen and oxygen atoms in total. The number of hydrogen-bond acceptors (Lipinski definition) is 6. The highest BCUT2D eigenvalue weighted by Gasteiger charge is 2.27. The number of nitrogens with zero attached hydrogens (tertiary/aromatic N) is 5. The summed E-state index contributed by atoms with van der Waals surface area (Å²) in [6.07, 6.45) is 4.41. The summed E-state index contributed by atoms with van der Waals surface area (Å²) >= 11 is 0. The molecule has 1 atom stereocenters. The van der Waals surface area contributed by atoms with Crippen molar-refractivity contribution in [1.29, 1.82) is 0 Å². The van der Waals surface area contributed by atoms with Gasteiger partial charge < -0.3 is 9.64 Å². The average molecular weight is 369 g/mol. The maximum absolute atomic E-state index is 12.8. The number of hydrogen-bond donors (Lipinski definition) is 0. The summed E-state index contributed by atoms with van der Waals surface area (Å²) < 4.78 is 5.38. The summed E-state index contributed by atoms with van der Waals surface area (Å²) in [7, 11) is 0. The van der Waals surface area contributed by atoms with Gasteiger partial charge in [0.1, 0.15) is 5.82 Å². The number of carbonyl (C=O) groups is 1. The molecule has 0 bridgehead atoms. The second kappa shape index (κ2) is 8.27. The zero-order chi connectivity index (χ0) is 18.6. The van der Waals surface area contributed by atoms with Crippen LogP contribution >= 0.6 is 0 Å². The third-order valence-corrected chi connectivity index (χ3v) is 5.52. The summed E-state index contributed by atoms with van der Waals surface area (Å²) in [6, 6.07) is 3.97. The maximum atomic E-state index is 12.8. The number of amides is 1. The average Bonchev–Trinajstić information content (AvgIpc) is 2.72. The molecule has 0 saturated carbocycles. The fourth-order valence-corrected chi connectivity index (χ4v) is 4.07. The van der Waals surface area contributed by atoms with Gasteiger partial charge in [-0.3, -0.25) is 9.69 Å². The number of pyridine rings is 1. The lowest BCUT2D eigenvalue weighted by Gasteiger charge is -2.34. The van der Waals surface area contributed by atoms with Crippen LogP contribution in [-0.2, 0) is 9.53 Å². The quantitative estimate of drug-likeness (QED) is 0.818. The van der Waals surface area contributed by atoms with E-state index in [0.717, 1.165) is 81.3 Å². The molecule has 2 aliphatic heterocycles. The van der Waals surface area contributed by atoms with Crippen LogP contribution in [0.1, 0.15) is 36.7 Å². The van der Waals surface area contributed by atoms with Gasteiger partial charge in [-0.25, -0.2) is 15.0 Å². The van der Waals surface area contributed by atoms with E-state index in [1.54, 1.807) is 6.20 Å². The lowest BCUT2D eigenvalue weighted by molar-refractivity contribution is -0.133. The molecule has 0 aromatic carbocycles. The van der Waals surface area contributed by atoms with Crippen LogP contribution in [0.25, 0.3) is 11.0 Å². The molecule has 0 N–H and O–H groups in total. The number of morpholine rings is 1. The summed E-state index contributed by atoms with van der Waals surface area (Å²) in [4.78, 5) is 30.7. The van der Waals surface area contributed by atoms with Crippen molar-refractivity contribution in [2.75, 3.05) is 45.9 Å². The van der Waals surface area contributed by atoms with E-state index in [2.05, 4.69) is 14.9 Å². The van der Waals surface area contributed by atoms with Crippen LogP contribution in [0.3, 0.4) is 0 Å². The Balaban J connectivity index is 1.44. The van der Waals surface area contributed by atoms with E-state index in [4.69, 9.17) is 9.72 Å². The smallest absolute Gasteiger partial charge is 0.223 e. The van der Waals surface area contributed by atoms with Crippen LogP contribution in [0.5, 0.6) is 0 Å². The SMILES string of the molecule is Cc1nc(C2CCCN(C(=O)CCN3CCOCC3)C2)c2cccnc2n1. The number of aryl methyl sites for hydroxylation is 1. The van der Waals surface area contributed by atoms with E-state index >= 15 is 0 Å². The van der Waals surface area contributed by atoms with Crippen molar-refractivity contribution in [3.05, 3.63) is 29.8 Å². The molecule has 2 aromatic rings. The van der Waals surface area contributed by atoms with Crippen LogP contribution in [-0.4, -0.2) is 76.6 Å². The first kappa shape index (κ1) is 18.3. The molecule has 2 aliphatic rings. The molecular formula is C20H27N5O2. The van der Waals surface area contributed by atoms with E-state index < -0.39 is 0 Å². The Bertz CT molecular complexity index is 806. The molecule has 1 unspecified atom stereocenters. The monoisotopic (exact) mass is 369 g/mol. The van der Waals surface area contributed by atoms with Crippen molar-refractivity contribution in [3.8, 4) is 0 Å². The molecule has 2 fully saturated rings. The van der Waals surface area contributed by atoms with Gasteiger partial charge in [-0.2, -0.15) is 0 Å². The molecule has 4 rings (SSSR count). The molecule has 4 heterocycles. The highest BCUT2D eigenvalue weighted by atomic mass is 16.5. The number of piperidine rings is 1. The van der Waals surface area contributed by atoms with Crippen LogP contribution in [0.4, 0.5) is 0 Å². The zero-order valence-electron chi connectivity index (χ0n) is 15.9. The molecule has 2 aromatic heterocycles. The molecule has 1 amide bonds. The topological polar surface area (TPSA) is 71.5 Å². The van der Waals surface area contributed by atoms with Gasteiger partial charge in [-0.1, -0.05) is 0 Å². The highest BCUT2D eigenvalue weighted by molar-refractivity contribution is 5.79. The number of carbonyl (C=O) groups excluding carboxylic acids is 1. The van der Waals surface area contributed by atoms with Gasteiger partial charge in [-0.05, 0) is 31.9 Å². The first-order valence-corrected chi connectivity index (χ1v) is 9.88. The molecule has 2 saturated heterocycles. The number of fused-ring (bicyclic) bond motifs is 1. The van der Waals surface area contributed by atoms with Crippen LogP contribution in [0.2, 0.25) is 0 Å². The third kappa shape index (κ3) is 4.25. The molecule has 144 valence electrons. The Labute approximate surface area is 159 Å². The van der Waals surface area contributed by atoms with Crippen molar-refractivity contribution < 1.29 is 9.53 Å². The summed E-state index contributed by atoms with van der Waals surface area (Å²) in [5.74, 6) is 1.24. The Hall–Kier alpha value is -2.12. The van der Waals surface area contributed by atoms with Gasteiger partial charge in [0, 0.05) is 56.6 Å². The Morgan fingerprint density at radius 1 is 1.26 bits per heavy atom. The Morgan fingerprint density at radius 2 is 2.11 bits per heavy atom. The van der Waals surface area contributed by atoms with Gasteiger partial charge in [-0.15, -0.1) is 0 Å². The fourth-order valence-electron chi connectivity index (χ4n) is 4.07. The number of aromatic nitrogens is 3. The molecule has 0 radical (unpaired) electrons. The second-order valence-corrected chi connectivity index (χ2v) is 7.41. The van der Waals surface area contributed by atoms with Crippen molar-refractivity contribution in [2.45, 2.75) is 32.1 Å². The molecular weight excluding hydrogens is 342 g/mol.